The lowest BCUT2D eigenvalue weighted by Gasteiger charge is -2.18. The molecular formula is C67H110O6. The van der Waals surface area contributed by atoms with Gasteiger partial charge in [-0.1, -0.05) is 239 Å². The molecule has 0 saturated heterocycles. The largest absolute Gasteiger partial charge is 0.462 e. The van der Waals surface area contributed by atoms with Gasteiger partial charge in [-0.15, -0.1) is 0 Å². The molecule has 0 aromatic heterocycles. The van der Waals surface area contributed by atoms with Crippen molar-refractivity contribution < 1.29 is 28.6 Å². The van der Waals surface area contributed by atoms with E-state index in [1.165, 1.54) is 77.0 Å². The highest BCUT2D eigenvalue weighted by Crippen LogP contribution is 2.14. The van der Waals surface area contributed by atoms with E-state index in [1.54, 1.807) is 0 Å². The van der Waals surface area contributed by atoms with Gasteiger partial charge in [0.25, 0.3) is 0 Å². The van der Waals surface area contributed by atoms with Crippen LogP contribution in [0.25, 0.3) is 0 Å². The highest BCUT2D eigenvalue weighted by atomic mass is 16.6. The van der Waals surface area contributed by atoms with Crippen LogP contribution in [0.15, 0.2) is 122 Å². The van der Waals surface area contributed by atoms with Crippen molar-refractivity contribution in [3.8, 4) is 0 Å². The Morgan fingerprint density at radius 1 is 0.288 bits per heavy atom. The molecule has 0 radical (unpaired) electrons. The van der Waals surface area contributed by atoms with Gasteiger partial charge in [-0.3, -0.25) is 14.4 Å². The molecule has 414 valence electrons. The van der Waals surface area contributed by atoms with E-state index in [1.807, 2.05) is 0 Å². The summed E-state index contributed by atoms with van der Waals surface area (Å²) in [5.74, 6) is -0.945. The molecule has 0 amide bonds. The summed E-state index contributed by atoms with van der Waals surface area (Å²) in [5, 5.41) is 0. The Balaban J connectivity index is 4.48. The van der Waals surface area contributed by atoms with Crippen LogP contribution < -0.4 is 0 Å². The Labute approximate surface area is 450 Å². The van der Waals surface area contributed by atoms with Gasteiger partial charge >= 0.3 is 17.9 Å². The average Bonchev–Trinajstić information content (AvgIpc) is 3.39. The van der Waals surface area contributed by atoms with Gasteiger partial charge in [0.2, 0.25) is 0 Å². The van der Waals surface area contributed by atoms with E-state index in [4.69, 9.17) is 14.2 Å². The molecule has 0 saturated carbocycles. The van der Waals surface area contributed by atoms with E-state index in [0.29, 0.717) is 19.3 Å². The van der Waals surface area contributed by atoms with Gasteiger partial charge < -0.3 is 14.2 Å². The van der Waals surface area contributed by atoms with Crippen molar-refractivity contribution in [2.75, 3.05) is 13.2 Å². The third-order valence-electron chi connectivity index (χ3n) is 12.4. The molecule has 1 unspecified atom stereocenters. The predicted octanol–water partition coefficient (Wildman–Crippen LogP) is 20.4. The Bertz CT molecular complexity index is 1540. The maximum atomic E-state index is 12.9. The van der Waals surface area contributed by atoms with Crippen LogP contribution in [0.2, 0.25) is 0 Å². The Hall–Kier alpha value is -4.19. The molecular weight excluding hydrogens is 901 g/mol. The molecule has 6 heteroatoms. The molecule has 0 N–H and O–H groups in total. The topological polar surface area (TPSA) is 78.9 Å². The molecule has 0 spiro atoms. The van der Waals surface area contributed by atoms with E-state index in [9.17, 15) is 14.4 Å². The van der Waals surface area contributed by atoms with Crippen molar-refractivity contribution >= 4 is 17.9 Å². The van der Waals surface area contributed by atoms with Gasteiger partial charge in [0.15, 0.2) is 6.10 Å². The summed E-state index contributed by atoms with van der Waals surface area (Å²) in [5.41, 5.74) is 0. The van der Waals surface area contributed by atoms with Crippen LogP contribution in [0.4, 0.5) is 0 Å². The van der Waals surface area contributed by atoms with E-state index >= 15 is 0 Å². The van der Waals surface area contributed by atoms with Crippen molar-refractivity contribution in [2.45, 2.75) is 271 Å². The second-order valence-corrected chi connectivity index (χ2v) is 19.5. The van der Waals surface area contributed by atoms with Gasteiger partial charge in [-0.2, -0.15) is 0 Å². The second-order valence-electron chi connectivity index (χ2n) is 19.5. The Kier molecular flexibility index (Phi) is 56.9. The highest BCUT2D eigenvalue weighted by molar-refractivity contribution is 5.71. The number of esters is 3. The molecule has 1 atom stereocenters. The van der Waals surface area contributed by atoms with E-state index in [0.717, 1.165) is 148 Å². The molecule has 6 nitrogen and oxygen atoms in total. The zero-order valence-corrected chi connectivity index (χ0v) is 47.4. The second kappa shape index (κ2) is 60.4. The minimum absolute atomic E-state index is 0.0992. The molecule has 0 aromatic rings. The first-order valence-electron chi connectivity index (χ1n) is 30.0. The van der Waals surface area contributed by atoms with Crippen molar-refractivity contribution in [2.24, 2.45) is 0 Å². The first-order chi connectivity index (χ1) is 36.0. The Morgan fingerprint density at radius 3 is 0.849 bits per heavy atom. The molecule has 0 aliphatic rings. The van der Waals surface area contributed by atoms with Crippen LogP contribution in [-0.2, 0) is 28.6 Å². The fourth-order valence-corrected chi connectivity index (χ4v) is 7.98. The number of ether oxygens (including phenoxy) is 3. The minimum Gasteiger partial charge on any atom is -0.462 e. The van der Waals surface area contributed by atoms with Crippen molar-refractivity contribution in [1.29, 1.82) is 0 Å². The van der Waals surface area contributed by atoms with Gasteiger partial charge in [0.05, 0.1) is 0 Å². The summed E-state index contributed by atoms with van der Waals surface area (Å²) in [4.78, 5) is 38.3. The number of hydrogen-bond acceptors (Lipinski definition) is 6. The van der Waals surface area contributed by atoms with Gasteiger partial charge in [-0.05, 0) is 128 Å². The SMILES string of the molecule is CC/C=C\C/C=C\C/C=C\C/C=C\C/C=C\CCCCCCCC(=O)OCC(COC(=O)CCCCCCCCC/C=C\CCCCCCCC)OC(=O)CCCCCC/C=C\C/C=C\C/C=C\C/C=C\CC. The molecule has 0 rings (SSSR count). The van der Waals surface area contributed by atoms with Crippen molar-refractivity contribution in [3.05, 3.63) is 122 Å². The van der Waals surface area contributed by atoms with E-state index in [-0.39, 0.29) is 31.1 Å². The zero-order chi connectivity index (χ0) is 52.9. The molecule has 0 bridgehead atoms. The molecule has 0 heterocycles. The minimum atomic E-state index is -0.806. The average molecular weight is 1010 g/mol. The zero-order valence-electron chi connectivity index (χ0n) is 47.4. The lowest BCUT2D eigenvalue weighted by molar-refractivity contribution is -0.167. The van der Waals surface area contributed by atoms with Gasteiger partial charge in [-0.25, -0.2) is 0 Å². The molecule has 0 aliphatic carbocycles. The summed E-state index contributed by atoms with van der Waals surface area (Å²) < 4.78 is 16.9. The molecule has 0 fully saturated rings. The molecule has 0 aliphatic heterocycles. The summed E-state index contributed by atoms with van der Waals surface area (Å²) in [7, 11) is 0. The summed E-state index contributed by atoms with van der Waals surface area (Å²) in [6, 6.07) is 0. The fraction of sp³-hybridized carbons (Fsp3) is 0.657. The number of rotatable bonds is 53. The maximum Gasteiger partial charge on any atom is 0.306 e. The van der Waals surface area contributed by atoms with Crippen LogP contribution in [0.5, 0.6) is 0 Å². The monoisotopic (exact) mass is 1010 g/mol. The number of carbonyl (C=O) groups is 3. The quantitative estimate of drug-likeness (QED) is 0.0261. The fourth-order valence-electron chi connectivity index (χ4n) is 7.98. The summed E-state index contributed by atoms with van der Waals surface area (Å²) in [6.07, 6.45) is 83.3. The first-order valence-corrected chi connectivity index (χ1v) is 30.0. The van der Waals surface area contributed by atoms with Crippen LogP contribution >= 0.6 is 0 Å². The van der Waals surface area contributed by atoms with Crippen molar-refractivity contribution in [1.82, 2.24) is 0 Å². The third kappa shape index (κ3) is 58.6. The van der Waals surface area contributed by atoms with Crippen LogP contribution in [0, 0.1) is 0 Å². The van der Waals surface area contributed by atoms with Crippen LogP contribution in [-0.4, -0.2) is 37.2 Å². The standard InChI is InChI=1S/C67H110O6/c1-4-7-10-13-16-19-22-25-28-31-32-33-34-37-39-42-45-48-51-54-57-60-66(69)72-63-64(73-67(70)61-58-55-52-49-46-43-40-36-30-27-24-21-18-15-12-9-6-3)62-71-65(68)59-56-53-50-47-44-41-38-35-29-26-23-20-17-14-11-8-5-2/h7,9-10,12,16,18-19,21,25-30,32-33,37,39-40,43,64H,4-6,8,11,13-15,17,20,22-24,31,34-36,38,41-42,44-63H2,1-3H3/b10-7-,12-9-,19-16-,21-18-,28-25-,29-26-,30-27-,33-32-,39-37-,43-40-. The lowest BCUT2D eigenvalue weighted by atomic mass is 10.1. The van der Waals surface area contributed by atoms with Crippen molar-refractivity contribution in [3.63, 3.8) is 0 Å². The highest BCUT2D eigenvalue weighted by Gasteiger charge is 2.19. The van der Waals surface area contributed by atoms with Gasteiger partial charge in [0.1, 0.15) is 13.2 Å². The number of hydrogen-bond donors (Lipinski definition) is 0. The van der Waals surface area contributed by atoms with Gasteiger partial charge in [0, 0.05) is 19.3 Å². The summed E-state index contributed by atoms with van der Waals surface area (Å²) in [6.45, 7) is 6.37. The summed E-state index contributed by atoms with van der Waals surface area (Å²) >= 11 is 0. The predicted molar refractivity (Wildman–Crippen MR) is 316 cm³/mol. The Morgan fingerprint density at radius 2 is 0.534 bits per heavy atom. The number of carbonyl (C=O) groups excluding carboxylic acids is 3. The van der Waals surface area contributed by atoms with E-state index in [2.05, 4.69) is 142 Å². The van der Waals surface area contributed by atoms with Crippen LogP contribution in [0.1, 0.15) is 265 Å². The number of unbranched alkanes of at least 4 members (excludes halogenated alkanes) is 22. The maximum absolute atomic E-state index is 12.9. The lowest BCUT2D eigenvalue weighted by Crippen LogP contribution is -2.30. The van der Waals surface area contributed by atoms with Crippen LogP contribution in [0.3, 0.4) is 0 Å². The molecule has 0 aromatic carbocycles. The molecule has 73 heavy (non-hydrogen) atoms. The number of allylic oxidation sites excluding steroid dienone is 20. The van der Waals surface area contributed by atoms with E-state index < -0.39 is 6.10 Å². The normalized spacial score (nSPS) is 13.0. The smallest absolute Gasteiger partial charge is 0.306 e. The first kappa shape index (κ1) is 68.8. The third-order valence-corrected chi connectivity index (χ3v) is 12.4.